The minimum atomic E-state index is -4.38. The lowest BCUT2D eigenvalue weighted by molar-refractivity contribution is -0.161. The summed E-state index contributed by atoms with van der Waals surface area (Å²) in [7, 11) is -4.38. The van der Waals surface area contributed by atoms with E-state index < -0.39 is 26.5 Å². The van der Waals surface area contributed by atoms with Gasteiger partial charge in [0.25, 0.3) is 0 Å². The van der Waals surface area contributed by atoms with Gasteiger partial charge in [-0.15, -0.1) is 0 Å². The first-order valence-corrected chi connectivity index (χ1v) is 28.5. The number of unbranched alkanes of at least 4 members (excludes halogenated alkanes) is 39. The molecule has 0 bridgehead atoms. The summed E-state index contributed by atoms with van der Waals surface area (Å²) >= 11 is 0. The third-order valence-electron chi connectivity index (χ3n) is 12.2. The Hall–Kier alpha value is -0.990. The average Bonchev–Trinajstić information content (AvgIpc) is 3.26. The second-order valence-electron chi connectivity index (χ2n) is 18.5. The summed E-state index contributed by atoms with van der Waals surface area (Å²) in [6.45, 7) is 3.81. The van der Waals surface area contributed by atoms with E-state index in [2.05, 4.69) is 13.8 Å². The molecule has 0 aromatic carbocycles. The van der Waals surface area contributed by atoms with Crippen molar-refractivity contribution in [2.45, 2.75) is 296 Å². The zero-order chi connectivity index (χ0) is 45.3. The highest BCUT2D eigenvalue weighted by atomic mass is 31.2. The van der Waals surface area contributed by atoms with Gasteiger partial charge in [0.1, 0.15) is 6.61 Å². The lowest BCUT2D eigenvalue weighted by Crippen LogP contribution is -2.29. The Kier molecular flexibility index (Phi) is 48.7. The summed E-state index contributed by atoms with van der Waals surface area (Å²) in [4.78, 5) is 35.1. The molecule has 1 unspecified atom stereocenters. The van der Waals surface area contributed by atoms with Gasteiger partial charge < -0.3 is 20.1 Å². The molecule has 9 nitrogen and oxygen atoms in total. The van der Waals surface area contributed by atoms with Gasteiger partial charge in [-0.1, -0.05) is 264 Å². The van der Waals surface area contributed by atoms with Gasteiger partial charge in [-0.2, -0.15) is 0 Å². The molecule has 0 aromatic rings. The third-order valence-corrected chi connectivity index (χ3v) is 13.2. The predicted octanol–water partition coefficient (Wildman–Crippen LogP) is 16.3. The molecule has 0 fully saturated rings. The van der Waals surface area contributed by atoms with Crippen molar-refractivity contribution in [3.63, 3.8) is 0 Å². The normalized spacial score (nSPS) is 13.0. The van der Waals surface area contributed by atoms with Gasteiger partial charge in [0.2, 0.25) is 0 Å². The van der Waals surface area contributed by atoms with Gasteiger partial charge in [-0.3, -0.25) is 18.6 Å². The fourth-order valence-corrected chi connectivity index (χ4v) is 8.99. The molecular weight excluding hydrogens is 798 g/mol. The molecule has 0 saturated heterocycles. The summed E-state index contributed by atoms with van der Waals surface area (Å²) in [6, 6.07) is 0. The van der Waals surface area contributed by atoms with Crippen LogP contribution < -0.4 is 5.73 Å². The van der Waals surface area contributed by atoms with E-state index >= 15 is 0 Å². The number of esters is 2. The van der Waals surface area contributed by atoms with E-state index in [-0.39, 0.29) is 38.6 Å². The molecule has 10 heteroatoms. The molecular formula is C52H104NO8P. The lowest BCUT2D eigenvalue weighted by Gasteiger charge is -2.19. The Morgan fingerprint density at radius 1 is 0.419 bits per heavy atom. The van der Waals surface area contributed by atoms with Crippen molar-refractivity contribution in [1.82, 2.24) is 0 Å². The van der Waals surface area contributed by atoms with Crippen LogP contribution in [0.5, 0.6) is 0 Å². The number of hydrogen-bond donors (Lipinski definition) is 2. The zero-order valence-electron chi connectivity index (χ0n) is 41.1. The van der Waals surface area contributed by atoms with E-state index in [0.29, 0.717) is 6.42 Å². The van der Waals surface area contributed by atoms with Gasteiger partial charge in [-0.05, 0) is 12.8 Å². The molecule has 0 spiro atoms. The van der Waals surface area contributed by atoms with Crippen molar-refractivity contribution < 1.29 is 37.6 Å². The van der Waals surface area contributed by atoms with Crippen LogP contribution in [0.25, 0.3) is 0 Å². The second kappa shape index (κ2) is 49.4. The highest BCUT2D eigenvalue weighted by Crippen LogP contribution is 2.43. The smallest absolute Gasteiger partial charge is 0.462 e. The van der Waals surface area contributed by atoms with Crippen LogP contribution in [0.3, 0.4) is 0 Å². The topological polar surface area (TPSA) is 134 Å². The fraction of sp³-hybridized carbons (Fsp3) is 0.962. The molecule has 3 N–H and O–H groups in total. The van der Waals surface area contributed by atoms with Crippen LogP contribution in [0, 0.1) is 0 Å². The van der Waals surface area contributed by atoms with Crippen LogP contribution in [0.1, 0.15) is 290 Å². The molecule has 0 rings (SSSR count). The summed E-state index contributed by atoms with van der Waals surface area (Å²) in [6.07, 6.45) is 52.9. The molecule has 0 aliphatic carbocycles. The summed E-state index contributed by atoms with van der Waals surface area (Å²) < 4.78 is 33.0. The lowest BCUT2D eigenvalue weighted by atomic mass is 10.0. The molecule has 62 heavy (non-hydrogen) atoms. The first kappa shape index (κ1) is 61.0. The minimum absolute atomic E-state index is 0.0585. The van der Waals surface area contributed by atoms with Crippen molar-refractivity contribution in [1.29, 1.82) is 0 Å². The van der Waals surface area contributed by atoms with Crippen molar-refractivity contribution >= 4 is 19.8 Å². The molecule has 370 valence electrons. The highest BCUT2D eigenvalue weighted by Gasteiger charge is 2.26. The zero-order valence-corrected chi connectivity index (χ0v) is 42.0. The molecule has 0 radical (unpaired) electrons. The average molecular weight is 902 g/mol. The Labute approximate surface area is 384 Å². The highest BCUT2D eigenvalue weighted by molar-refractivity contribution is 7.47. The van der Waals surface area contributed by atoms with Crippen molar-refractivity contribution in [3.05, 3.63) is 0 Å². The maximum absolute atomic E-state index is 12.7. The maximum Gasteiger partial charge on any atom is 0.472 e. The van der Waals surface area contributed by atoms with E-state index in [1.165, 1.54) is 225 Å². The number of phosphoric ester groups is 1. The monoisotopic (exact) mass is 902 g/mol. The first-order valence-electron chi connectivity index (χ1n) is 27.0. The SMILES string of the molecule is CCCCCCCCCCCCCCCCCCCCCCCCC(=O)O[C@H](COC(=O)CCCCCCCCCCCCCCCCCCCCC)COP(=O)(O)OCCN. The van der Waals surface area contributed by atoms with Crippen molar-refractivity contribution in [2.75, 3.05) is 26.4 Å². The number of carbonyl (C=O) groups is 2. The summed E-state index contributed by atoms with van der Waals surface area (Å²) in [5.41, 5.74) is 5.37. The molecule has 0 heterocycles. The van der Waals surface area contributed by atoms with E-state index in [0.717, 1.165) is 32.1 Å². The van der Waals surface area contributed by atoms with E-state index in [9.17, 15) is 19.0 Å². The number of nitrogens with two attached hydrogens (primary N) is 1. The van der Waals surface area contributed by atoms with E-state index in [1.807, 2.05) is 0 Å². The second-order valence-corrected chi connectivity index (χ2v) is 19.9. The van der Waals surface area contributed by atoms with Gasteiger partial charge in [0.15, 0.2) is 6.10 Å². The molecule has 0 aromatic heterocycles. The molecule has 0 amide bonds. The van der Waals surface area contributed by atoms with Crippen molar-refractivity contribution in [2.24, 2.45) is 5.73 Å². The van der Waals surface area contributed by atoms with Crippen LogP contribution in [-0.4, -0.2) is 49.3 Å². The Bertz CT molecular complexity index is 984. The number of ether oxygens (including phenoxy) is 2. The summed E-state index contributed by atoms with van der Waals surface area (Å²) in [5.74, 6) is -0.804. The fourth-order valence-electron chi connectivity index (χ4n) is 8.23. The number of rotatable bonds is 52. The third kappa shape index (κ3) is 48.5. The largest absolute Gasteiger partial charge is 0.472 e. The van der Waals surface area contributed by atoms with E-state index in [1.54, 1.807) is 0 Å². The van der Waals surface area contributed by atoms with Crippen LogP contribution in [-0.2, 0) is 32.7 Å². The minimum Gasteiger partial charge on any atom is -0.462 e. The van der Waals surface area contributed by atoms with Gasteiger partial charge in [0.05, 0.1) is 13.2 Å². The Morgan fingerprint density at radius 3 is 0.984 bits per heavy atom. The molecule has 0 saturated carbocycles. The Balaban J connectivity index is 3.95. The standard InChI is InChI=1S/C52H104NO8P/c1-3-5-7-9-11-13-15-17-19-21-23-24-25-27-29-31-33-35-37-39-41-43-45-52(55)61-50(49-60-62(56,57)59-47-46-53)48-58-51(54)44-42-40-38-36-34-32-30-28-26-22-20-18-16-14-12-10-8-6-4-2/h50H,3-49,53H2,1-2H3,(H,56,57)/t50-/m1/s1. The molecule has 0 aliphatic heterocycles. The summed E-state index contributed by atoms with van der Waals surface area (Å²) in [5, 5.41) is 0. The first-order chi connectivity index (χ1) is 30.3. The van der Waals surface area contributed by atoms with Gasteiger partial charge in [-0.25, -0.2) is 4.57 Å². The van der Waals surface area contributed by atoms with Crippen LogP contribution >= 0.6 is 7.82 Å². The van der Waals surface area contributed by atoms with Crippen LogP contribution in [0.2, 0.25) is 0 Å². The van der Waals surface area contributed by atoms with Crippen molar-refractivity contribution in [3.8, 4) is 0 Å². The van der Waals surface area contributed by atoms with Gasteiger partial charge in [0, 0.05) is 19.4 Å². The number of hydrogen-bond acceptors (Lipinski definition) is 8. The van der Waals surface area contributed by atoms with E-state index in [4.69, 9.17) is 24.3 Å². The van der Waals surface area contributed by atoms with Crippen LogP contribution in [0.4, 0.5) is 0 Å². The Morgan fingerprint density at radius 2 is 0.694 bits per heavy atom. The van der Waals surface area contributed by atoms with Gasteiger partial charge >= 0.3 is 19.8 Å². The number of phosphoric acid groups is 1. The maximum atomic E-state index is 12.7. The number of carbonyl (C=O) groups excluding carboxylic acids is 2. The molecule has 2 atom stereocenters. The van der Waals surface area contributed by atoms with Crippen LogP contribution in [0.15, 0.2) is 0 Å². The quantitative estimate of drug-likeness (QED) is 0.0347. The predicted molar refractivity (Wildman–Crippen MR) is 262 cm³/mol. The molecule has 0 aliphatic rings.